The summed E-state index contributed by atoms with van der Waals surface area (Å²) in [7, 11) is 0. The molecule has 82 valence electrons. The van der Waals surface area contributed by atoms with Gasteiger partial charge in [0, 0.05) is 25.0 Å². The van der Waals surface area contributed by atoms with Crippen molar-refractivity contribution < 1.29 is 4.74 Å². The Balaban J connectivity index is 1.75. The predicted octanol–water partition coefficient (Wildman–Crippen LogP) is 1.31. The number of nitrogens with zero attached hydrogens (tertiary/aromatic N) is 1. The first-order valence-corrected chi connectivity index (χ1v) is 5.57. The molecular weight excluding hydrogens is 188 g/mol. The average molecular weight is 206 g/mol. The lowest BCUT2D eigenvalue weighted by Crippen LogP contribution is -2.31. The number of ether oxygens (including phenoxy) is 1. The molecule has 0 spiro atoms. The van der Waals surface area contributed by atoms with Crippen molar-refractivity contribution in [2.45, 2.75) is 25.8 Å². The van der Waals surface area contributed by atoms with E-state index in [1.807, 2.05) is 12.4 Å². The molecule has 1 N–H and O–H groups in total. The Morgan fingerprint density at radius 1 is 1.60 bits per heavy atom. The monoisotopic (exact) mass is 206 g/mol. The quantitative estimate of drug-likeness (QED) is 0.806. The Morgan fingerprint density at radius 2 is 2.53 bits per heavy atom. The fourth-order valence-corrected chi connectivity index (χ4v) is 1.89. The van der Waals surface area contributed by atoms with Crippen molar-refractivity contribution in [2.24, 2.45) is 0 Å². The molecule has 0 radical (unpaired) electrons. The molecule has 3 heteroatoms. The summed E-state index contributed by atoms with van der Waals surface area (Å²) in [4.78, 5) is 4.09. The normalized spacial score (nSPS) is 20.7. The molecule has 0 bridgehead atoms. The molecule has 2 heterocycles. The third kappa shape index (κ3) is 3.01. The van der Waals surface area contributed by atoms with Gasteiger partial charge in [-0.3, -0.25) is 4.98 Å². The van der Waals surface area contributed by atoms with Crippen molar-refractivity contribution in [2.75, 3.05) is 19.8 Å². The van der Waals surface area contributed by atoms with E-state index in [-0.39, 0.29) is 0 Å². The number of hydrogen-bond acceptors (Lipinski definition) is 3. The van der Waals surface area contributed by atoms with Crippen molar-refractivity contribution in [3.8, 4) is 0 Å². The number of hydrogen-bond donors (Lipinski definition) is 1. The van der Waals surface area contributed by atoms with Crippen LogP contribution >= 0.6 is 0 Å². The molecule has 0 aliphatic carbocycles. The van der Waals surface area contributed by atoms with E-state index in [1.165, 1.54) is 11.1 Å². The van der Waals surface area contributed by atoms with Crippen molar-refractivity contribution in [3.05, 3.63) is 29.6 Å². The van der Waals surface area contributed by atoms with Gasteiger partial charge in [-0.25, -0.2) is 0 Å². The highest BCUT2D eigenvalue weighted by molar-refractivity contribution is 5.21. The minimum Gasteiger partial charge on any atom is -0.380 e. The van der Waals surface area contributed by atoms with Crippen LogP contribution in [0, 0.1) is 6.92 Å². The van der Waals surface area contributed by atoms with E-state index in [4.69, 9.17) is 4.74 Å². The van der Waals surface area contributed by atoms with E-state index in [9.17, 15) is 0 Å². The predicted molar refractivity (Wildman–Crippen MR) is 59.9 cm³/mol. The molecule has 1 aliphatic heterocycles. The minimum atomic E-state index is 0.562. The van der Waals surface area contributed by atoms with Crippen molar-refractivity contribution >= 4 is 0 Å². The Kier molecular flexibility index (Phi) is 3.69. The second-order valence-electron chi connectivity index (χ2n) is 4.07. The second kappa shape index (κ2) is 5.24. The van der Waals surface area contributed by atoms with Crippen LogP contribution < -0.4 is 5.32 Å². The fourth-order valence-electron chi connectivity index (χ4n) is 1.89. The van der Waals surface area contributed by atoms with Crippen LogP contribution in [-0.4, -0.2) is 30.8 Å². The molecule has 2 rings (SSSR count). The van der Waals surface area contributed by atoms with Crippen LogP contribution in [0.1, 0.15) is 17.5 Å². The highest BCUT2D eigenvalue weighted by atomic mass is 16.5. The van der Waals surface area contributed by atoms with Gasteiger partial charge in [0.15, 0.2) is 0 Å². The number of aryl methyl sites for hydroxylation is 1. The zero-order chi connectivity index (χ0) is 10.5. The van der Waals surface area contributed by atoms with Gasteiger partial charge in [-0.05, 0) is 43.5 Å². The summed E-state index contributed by atoms with van der Waals surface area (Å²) in [6.07, 6.45) is 6.01. The summed E-state index contributed by atoms with van der Waals surface area (Å²) in [5.74, 6) is 0. The largest absolute Gasteiger partial charge is 0.380 e. The molecule has 1 aliphatic rings. The van der Waals surface area contributed by atoms with Crippen LogP contribution in [0.5, 0.6) is 0 Å². The van der Waals surface area contributed by atoms with Gasteiger partial charge < -0.3 is 10.1 Å². The maximum absolute atomic E-state index is 5.31. The standard InChI is InChI=1S/C12H18N2O/c1-10-8-13-5-2-11(10)3-6-14-12-4-7-15-9-12/h2,5,8,12,14H,3-4,6-7,9H2,1H3. The Morgan fingerprint density at radius 3 is 3.27 bits per heavy atom. The van der Waals surface area contributed by atoms with Gasteiger partial charge in [0.1, 0.15) is 0 Å². The van der Waals surface area contributed by atoms with Gasteiger partial charge in [-0.2, -0.15) is 0 Å². The average Bonchev–Trinajstić information content (AvgIpc) is 2.74. The van der Waals surface area contributed by atoms with Crippen molar-refractivity contribution in [1.29, 1.82) is 0 Å². The zero-order valence-electron chi connectivity index (χ0n) is 9.20. The first-order valence-electron chi connectivity index (χ1n) is 5.57. The van der Waals surface area contributed by atoms with E-state index in [0.29, 0.717) is 6.04 Å². The molecule has 0 saturated carbocycles. The van der Waals surface area contributed by atoms with Gasteiger partial charge in [0.2, 0.25) is 0 Å². The molecule has 0 aromatic carbocycles. The maximum atomic E-state index is 5.31. The number of pyridine rings is 1. The molecule has 0 amide bonds. The first kappa shape index (κ1) is 10.6. The number of aromatic nitrogens is 1. The number of nitrogens with one attached hydrogen (secondary N) is 1. The van der Waals surface area contributed by atoms with Gasteiger partial charge in [0.25, 0.3) is 0 Å². The van der Waals surface area contributed by atoms with Crippen molar-refractivity contribution in [1.82, 2.24) is 10.3 Å². The van der Waals surface area contributed by atoms with E-state index in [1.54, 1.807) is 0 Å². The van der Waals surface area contributed by atoms with Crippen LogP contribution in [0.4, 0.5) is 0 Å². The lowest BCUT2D eigenvalue weighted by atomic mass is 10.1. The Hall–Kier alpha value is -0.930. The van der Waals surface area contributed by atoms with E-state index >= 15 is 0 Å². The van der Waals surface area contributed by atoms with Crippen LogP contribution in [0.25, 0.3) is 0 Å². The summed E-state index contributed by atoms with van der Waals surface area (Å²) in [6, 6.07) is 2.66. The summed E-state index contributed by atoms with van der Waals surface area (Å²) in [5.41, 5.74) is 2.67. The SMILES string of the molecule is Cc1cnccc1CCNC1CCOC1. The van der Waals surface area contributed by atoms with Crippen LogP contribution in [-0.2, 0) is 11.2 Å². The molecule has 3 nitrogen and oxygen atoms in total. The minimum absolute atomic E-state index is 0.562. The lowest BCUT2D eigenvalue weighted by Gasteiger charge is -2.11. The summed E-state index contributed by atoms with van der Waals surface area (Å²) in [6.45, 7) is 4.92. The molecule has 1 unspecified atom stereocenters. The van der Waals surface area contributed by atoms with Gasteiger partial charge in [-0.1, -0.05) is 0 Å². The van der Waals surface area contributed by atoms with Gasteiger partial charge >= 0.3 is 0 Å². The first-order chi connectivity index (χ1) is 7.36. The molecule has 1 saturated heterocycles. The smallest absolute Gasteiger partial charge is 0.0620 e. The third-order valence-electron chi connectivity index (χ3n) is 2.89. The van der Waals surface area contributed by atoms with Gasteiger partial charge in [-0.15, -0.1) is 0 Å². The highest BCUT2D eigenvalue weighted by Gasteiger charge is 2.13. The zero-order valence-corrected chi connectivity index (χ0v) is 9.20. The molecule has 1 aromatic heterocycles. The molecule has 1 atom stereocenters. The van der Waals surface area contributed by atoms with E-state index in [2.05, 4.69) is 23.3 Å². The van der Waals surface area contributed by atoms with Crippen LogP contribution in [0.3, 0.4) is 0 Å². The molecular formula is C12H18N2O. The van der Waals surface area contributed by atoms with Crippen LogP contribution in [0.2, 0.25) is 0 Å². The van der Waals surface area contributed by atoms with Gasteiger partial charge in [0.05, 0.1) is 6.61 Å². The summed E-state index contributed by atoms with van der Waals surface area (Å²) >= 11 is 0. The Labute approximate surface area is 90.9 Å². The fraction of sp³-hybridized carbons (Fsp3) is 0.583. The molecule has 1 fully saturated rings. The number of rotatable bonds is 4. The van der Waals surface area contributed by atoms with E-state index in [0.717, 1.165) is 32.6 Å². The van der Waals surface area contributed by atoms with E-state index < -0.39 is 0 Å². The molecule has 15 heavy (non-hydrogen) atoms. The Bertz CT molecular complexity index is 308. The summed E-state index contributed by atoms with van der Waals surface area (Å²) in [5, 5.41) is 3.51. The second-order valence-corrected chi connectivity index (χ2v) is 4.07. The third-order valence-corrected chi connectivity index (χ3v) is 2.89. The highest BCUT2D eigenvalue weighted by Crippen LogP contribution is 2.06. The molecule has 1 aromatic rings. The van der Waals surface area contributed by atoms with Crippen molar-refractivity contribution in [3.63, 3.8) is 0 Å². The summed E-state index contributed by atoms with van der Waals surface area (Å²) < 4.78 is 5.31. The lowest BCUT2D eigenvalue weighted by molar-refractivity contribution is 0.190. The van der Waals surface area contributed by atoms with Crippen LogP contribution in [0.15, 0.2) is 18.5 Å². The topological polar surface area (TPSA) is 34.2 Å². The maximum Gasteiger partial charge on any atom is 0.0620 e.